The molecule has 2 aliphatic heterocycles. The van der Waals surface area contributed by atoms with Gasteiger partial charge < -0.3 is 5.32 Å². The predicted molar refractivity (Wildman–Crippen MR) is 121 cm³/mol. The maximum atomic E-state index is 13.5. The highest BCUT2D eigenvalue weighted by Crippen LogP contribution is 2.25. The van der Waals surface area contributed by atoms with Gasteiger partial charge in [-0.15, -0.1) is 0 Å². The topological polar surface area (TPSA) is 69.7 Å². The Labute approximate surface area is 193 Å². The van der Waals surface area contributed by atoms with Gasteiger partial charge in [-0.2, -0.15) is 4.31 Å². The number of hydrogen-bond donors (Lipinski definition) is 1. The van der Waals surface area contributed by atoms with Crippen molar-refractivity contribution in [1.29, 1.82) is 0 Å². The first-order valence-corrected chi connectivity index (χ1v) is 12.8. The van der Waals surface area contributed by atoms with E-state index in [9.17, 15) is 22.0 Å². The average molecular weight is 478 g/mol. The third kappa shape index (κ3) is 5.77. The molecule has 2 aromatic rings. The highest BCUT2D eigenvalue weighted by atomic mass is 32.2. The number of amides is 1. The smallest absolute Gasteiger partial charge is 0.243 e. The first-order chi connectivity index (χ1) is 15.8. The van der Waals surface area contributed by atoms with Crippen LogP contribution in [0.5, 0.6) is 0 Å². The second-order valence-corrected chi connectivity index (χ2v) is 10.7. The summed E-state index contributed by atoms with van der Waals surface area (Å²) in [4.78, 5) is 14.9. The van der Waals surface area contributed by atoms with Gasteiger partial charge in [-0.05, 0) is 49.4 Å². The molecule has 2 saturated heterocycles. The number of rotatable bonds is 6. The Morgan fingerprint density at radius 1 is 0.909 bits per heavy atom. The second kappa shape index (κ2) is 10.3. The zero-order valence-corrected chi connectivity index (χ0v) is 19.2. The van der Waals surface area contributed by atoms with Gasteiger partial charge in [0.05, 0.1) is 4.90 Å². The minimum Gasteiger partial charge on any atom is -0.353 e. The number of halogens is 2. The number of benzene rings is 2. The Morgan fingerprint density at radius 3 is 2.21 bits per heavy atom. The van der Waals surface area contributed by atoms with Crippen LogP contribution in [0.2, 0.25) is 0 Å². The maximum Gasteiger partial charge on any atom is 0.243 e. The van der Waals surface area contributed by atoms with Crippen molar-refractivity contribution >= 4 is 15.9 Å². The fourth-order valence-corrected chi connectivity index (χ4v) is 6.02. The van der Waals surface area contributed by atoms with E-state index in [1.165, 1.54) is 9.87 Å². The van der Waals surface area contributed by atoms with E-state index in [2.05, 4.69) is 22.3 Å². The molecule has 178 valence electrons. The molecule has 4 rings (SSSR count). The van der Waals surface area contributed by atoms with Crippen LogP contribution in [0, 0.1) is 17.6 Å². The minimum atomic E-state index is -3.92. The molecule has 0 unspecified atom stereocenters. The molecular weight excluding hydrogens is 448 g/mol. The fraction of sp³-hybridized carbons (Fsp3) is 0.458. The van der Waals surface area contributed by atoms with Gasteiger partial charge >= 0.3 is 0 Å². The van der Waals surface area contributed by atoms with Gasteiger partial charge in [0.25, 0.3) is 0 Å². The summed E-state index contributed by atoms with van der Waals surface area (Å²) in [5.41, 5.74) is 1.28. The van der Waals surface area contributed by atoms with Crippen LogP contribution in [0.4, 0.5) is 8.78 Å². The van der Waals surface area contributed by atoms with Crippen molar-refractivity contribution in [2.45, 2.75) is 43.2 Å². The molecule has 1 amide bonds. The summed E-state index contributed by atoms with van der Waals surface area (Å²) in [5, 5.41) is 3.15. The summed E-state index contributed by atoms with van der Waals surface area (Å²) >= 11 is 0. The average Bonchev–Trinajstić information content (AvgIpc) is 2.83. The third-order valence-corrected chi connectivity index (χ3v) is 8.43. The number of carbonyl (C=O) groups excluding carboxylic acids is 1. The number of piperidine rings is 2. The molecule has 6 nitrogen and oxygen atoms in total. The van der Waals surface area contributed by atoms with Gasteiger partial charge in [0.15, 0.2) is 11.6 Å². The van der Waals surface area contributed by atoms with Crippen molar-refractivity contribution in [2.75, 3.05) is 26.2 Å². The highest BCUT2D eigenvalue weighted by Gasteiger charge is 2.33. The molecule has 0 spiro atoms. The van der Waals surface area contributed by atoms with Crippen molar-refractivity contribution in [3.05, 3.63) is 65.7 Å². The van der Waals surface area contributed by atoms with Gasteiger partial charge in [-0.1, -0.05) is 30.3 Å². The van der Waals surface area contributed by atoms with Crippen LogP contribution >= 0.6 is 0 Å². The van der Waals surface area contributed by atoms with Crippen LogP contribution in [0.15, 0.2) is 53.4 Å². The summed E-state index contributed by atoms with van der Waals surface area (Å²) in [6.45, 7) is 3.10. The predicted octanol–water partition coefficient (Wildman–Crippen LogP) is 3.15. The molecule has 2 aliphatic rings. The van der Waals surface area contributed by atoms with Crippen LogP contribution < -0.4 is 5.32 Å². The minimum absolute atomic E-state index is 0.0265. The third-order valence-electron chi connectivity index (χ3n) is 6.54. The summed E-state index contributed by atoms with van der Waals surface area (Å²) < 4.78 is 53.4. The lowest BCUT2D eigenvalue weighted by Crippen LogP contribution is -2.48. The lowest BCUT2D eigenvalue weighted by molar-refractivity contribution is -0.127. The van der Waals surface area contributed by atoms with E-state index in [1.54, 1.807) is 0 Å². The number of sulfonamides is 1. The summed E-state index contributed by atoms with van der Waals surface area (Å²) in [7, 11) is -3.92. The van der Waals surface area contributed by atoms with E-state index >= 15 is 0 Å². The first kappa shape index (κ1) is 23.8. The van der Waals surface area contributed by atoms with E-state index in [0.717, 1.165) is 44.6 Å². The molecular formula is C24H29F2N3O3S. The van der Waals surface area contributed by atoms with Crippen LogP contribution in [-0.2, 0) is 21.4 Å². The van der Waals surface area contributed by atoms with Gasteiger partial charge in [0.2, 0.25) is 15.9 Å². The molecule has 33 heavy (non-hydrogen) atoms. The summed E-state index contributed by atoms with van der Waals surface area (Å²) in [6, 6.07) is 13.0. The van der Waals surface area contributed by atoms with Crippen LogP contribution in [0.1, 0.15) is 31.2 Å². The largest absolute Gasteiger partial charge is 0.353 e. The second-order valence-electron chi connectivity index (χ2n) is 8.80. The van der Waals surface area contributed by atoms with Crippen molar-refractivity contribution < 1.29 is 22.0 Å². The standard InChI is InChI=1S/C24H29F2N3O3S/c25-22-7-6-21(16-23(22)26)33(31,32)29-14-8-19(9-15-29)24(30)27-20-10-12-28(13-11-20)17-18-4-2-1-3-5-18/h1-7,16,19-20H,8-15,17H2,(H,27,30). The number of hydrogen-bond acceptors (Lipinski definition) is 4. The van der Waals surface area contributed by atoms with Crippen molar-refractivity contribution in [3.8, 4) is 0 Å². The Balaban J connectivity index is 1.24. The number of nitrogens with zero attached hydrogens (tertiary/aromatic N) is 2. The Hall–Kier alpha value is -2.36. The normalized spacial score (nSPS) is 19.5. The maximum absolute atomic E-state index is 13.5. The monoisotopic (exact) mass is 477 g/mol. The summed E-state index contributed by atoms with van der Waals surface area (Å²) in [5.74, 6) is -2.56. The quantitative estimate of drug-likeness (QED) is 0.694. The van der Waals surface area contributed by atoms with E-state index in [0.29, 0.717) is 18.9 Å². The molecule has 0 bridgehead atoms. The molecule has 2 aromatic carbocycles. The SMILES string of the molecule is O=C(NC1CCN(Cc2ccccc2)CC1)C1CCN(S(=O)(=O)c2ccc(F)c(F)c2)CC1. The summed E-state index contributed by atoms with van der Waals surface area (Å²) in [6.07, 6.45) is 2.59. The molecule has 9 heteroatoms. The fourth-order valence-electron chi connectivity index (χ4n) is 4.54. The Bertz CT molecular complexity index is 1070. The van der Waals surface area contributed by atoms with Crippen molar-refractivity contribution in [1.82, 2.24) is 14.5 Å². The van der Waals surface area contributed by atoms with Crippen LogP contribution in [0.25, 0.3) is 0 Å². The van der Waals surface area contributed by atoms with Gasteiger partial charge in [0, 0.05) is 44.7 Å². The zero-order valence-electron chi connectivity index (χ0n) is 18.4. The number of nitrogens with one attached hydrogen (secondary N) is 1. The molecule has 0 aromatic heterocycles. The molecule has 2 fully saturated rings. The molecule has 0 saturated carbocycles. The van der Waals surface area contributed by atoms with E-state index < -0.39 is 21.7 Å². The number of likely N-dealkylation sites (tertiary alicyclic amines) is 1. The first-order valence-electron chi connectivity index (χ1n) is 11.3. The van der Waals surface area contributed by atoms with Crippen LogP contribution in [0.3, 0.4) is 0 Å². The van der Waals surface area contributed by atoms with Gasteiger partial charge in [-0.3, -0.25) is 9.69 Å². The lowest BCUT2D eigenvalue weighted by Gasteiger charge is -2.34. The van der Waals surface area contributed by atoms with Crippen LogP contribution in [-0.4, -0.2) is 55.8 Å². The number of carbonyl (C=O) groups is 1. The van der Waals surface area contributed by atoms with E-state index in [-0.39, 0.29) is 35.9 Å². The highest BCUT2D eigenvalue weighted by molar-refractivity contribution is 7.89. The van der Waals surface area contributed by atoms with E-state index in [4.69, 9.17) is 0 Å². The van der Waals surface area contributed by atoms with Gasteiger partial charge in [0.1, 0.15) is 0 Å². The Morgan fingerprint density at radius 2 is 1.58 bits per heavy atom. The molecule has 0 radical (unpaired) electrons. The lowest BCUT2D eigenvalue weighted by atomic mass is 9.95. The Kier molecular flexibility index (Phi) is 7.41. The molecule has 0 aliphatic carbocycles. The van der Waals surface area contributed by atoms with Crippen molar-refractivity contribution in [3.63, 3.8) is 0 Å². The van der Waals surface area contributed by atoms with E-state index in [1.807, 2.05) is 18.2 Å². The molecule has 2 heterocycles. The zero-order chi connectivity index (χ0) is 23.4. The molecule has 1 N–H and O–H groups in total. The molecule has 0 atom stereocenters. The van der Waals surface area contributed by atoms with Crippen molar-refractivity contribution in [2.24, 2.45) is 5.92 Å². The van der Waals surface area contributed by atoms with Gasteiger partial charge in [-0.25, -0.2) is 17.2 Å².